The molecule has 1 N–H and O–H groups in total. The van der Waals surface area contributed by atoms with Crippen LogP contribution >= 0.6 is 0 Å². The van der Waals surface area contributed by atoms with Crippen LogP contribution < -0.4 is 0 Å². The van der Waals surface area contributed by atoms with Crippen molar-refractivity contribution in [3.8, 4) is 5.75 Å². The molecule has 0 aromatic heterocycles. The van der Waals surface area contributed by atoms with E-state index in [0.29, 0.717) is 25.9 Å². The van der Waals surface area contributed by atoms with Gasteiger partial charge < -0.3 is 14.9 Å². The summed E-state index contributed by atoms with van der Waals surface area (Å²) in [6.07, 6.45) is 2.07. The lowest BCUT2D eigenvalue weighted by atomic mass is 9.77. The molecule has 0 radical (unpaired) electrons. The molecule has 128 valence electrons. The first kappa shape index (κ1) is 16.2. The summed E-state index contributed by atoms with van der Waals surface area (Å²) in [6.45, 7) is 1.69. The van der Waals surface area contributed by atoms with Crippen molar-refractivity contribution in [2.45, 2.75) is 19.3 Å². The quantitative estimate of drug-likeness (QED) is 0.650. The summed E-state index contributed by atoms with van der Waals surface area (Å²) < 4.78 is 0. The van der Waals surface area contributed by atoms with Crippen LogP contribution in [0, 0.1) is 15.5 Å². The molecule has 2 aliphatic rings. The molecular weight excluding hydrogens is 314 g/mol. The van der Waals surface area contributed by atoms with E-state index < -0.39 is 16.4 Å². The molecule has 0 bridgehead atoms. The maximum Gasteiger partial charge on any atom is 0.310 e. The zero-order valence-corrected chi connectivity index (χ0v) is 13.4. The molecule has 0 atom stereocenters. The average molecular weight is 333 g/mol. The van der Waals surface area contributed by atoms with Crippen molar-refractivity contribution in [1.82, 2.24) is 9.80 Å². The number of phenols is 1. The summed E-state index contributed by atoms with van der Waals surface area (Å²) in [7, 11) is 1.80. The third kappa shape index (κ3) is 2.57. The summed E-state index contributed by atoms with van der Waals surface area (Å²) in [6, 6.07) is 3.60. The molecule has 3 rings (SSSR count). The summed E-state index contributed by atoms with van der Waals surface area (Å²) in [5, 5.41) is 20.4. The number of amides is 2. The SMILES string of the molecule is CN1CCC2(CCN(C(=O)c3ccc([N+](=O)[O-])c(O)c3)CC2)C1=O. The number of benzene rings is 1. The minimum atomic E-state index is -0.698. The Hall–Kier alpha value is -2.64. The molecule has 0 aliphatic carbocycles. The maximum atomic E-state index is 12.5. The Bertz CT molecular complexity index is 710. The Morgan fingerprint density at radius 2 is 1.88 bits per heavy atom. The van der Waals surface area contributed by atoms with Crippen LogP contribution in [0.2, 0.25) is 0 Å². The number of nitro benzene ring substituents is 1. The molecule has 2 heterocycles. The van der Waals surface area contributed by atoms with Crippen molar-refractivity contribution >= 4 is 17.5 Å². The van der Waals surface area contributed by atoms with Crippen LogP contribution in [0.25, 0.3) is 0 Å². The number of likely N-dealkylation sites (tertiary alicyclic amines) is 2. The number of aromatic hydroxyl groups is 1. The minimum absolute atomic E-state index is 0.155. The molecule has 0 unspecified atom stereocenters. The van der Waals surface area contributed by atoms with Crippen molar-refractivity contribution in [1.29, 1.82) is 0 Å². The van der Waals surface area contributed by atoms with Gasteiger partial charge in [0.05, 0.1) is 10.3 Å². The number of carbonyl (C=O) groups is 2. The second-order valence-corrected chi connectivity index (χ2v) is 6.51. The number of nitrogens with zero attached hydrogens (tertiary/aromatic N) is 3. The summed E-state index contributed by atoms with van der Waals surface area (Å²) in [5.41, 5.74) is -0.559. The van der Waals surface area contributed by atoms with Gasteiger partial charge >= 0.3 is 5.69 Å². The van der Waals surface area contributed by atoms with Gasteiger partial charge in [-0.25, -0.2) is 0 Å². The van der Waals surface area contributed by atoms with Gasteiger partial charge in [-0.15, -0.1) is 0 Å². The molecule has 1 aromatic carbocycles. The normalized spacial score (nSPS) is 19.8. The lowest BCUT2D eigenvalue weighted by molar-refractivity contribution is -0.385. The third-order valence-electron chi connectivity index (χ3n) is 5.15. The summed E-state index contributed by atoms with van der Waals surface area (Å²) >= 11 is 0. The average Bonchev–Trinajstić information content (AvgIpc) is 2.83. The van der Waals surface area contributed by atoms with Crippen LogP contribution in [0.1, 0.15) is 29.6 Å². The van der Waals surface area contributed by atoms with Crippen molar-refractivity contribution in [3.05, 3.63) is 33.9 Å². The Kier molecular flexibility index (Phi) is 3.90. The van der Waals surface area contributed by atoms with E-state index in [0.717, 1.165) is 25.1 Å². The highest BCUT2D eigenvalue weighted by molar-refractivity contribution is 5.95. The van der Waals surface area contributed by atoms with E-state index in [4.69, 9.17) is 0 Å². The van der Waals surface area contributed by atoms with Crippen molar-refractivity contribution < 1.29 is 19.6 Å². The van der Waals surface area contributed by atoms with Gasteiger partial charge in [0.25, 0.3) is 5.91 Å². The highest BCUT2D eigenvalue weighted by atomic mass is 16.6. The molecule has 2 aliphatic heterocycles. The number of rotatable bonds is 2. The number of phenolic OH excluding ortho intramolecular Hbond substituents is 1. The molecule has 2 amide bonds. The van der Waals surface area contributed by atoms with Crippen molar-refractivity contribution in [2.75, 3.05) is 26.7 Å². The van der Waals surface area contributed by atoms with E-state index >= 15 is 0 Å². The maximum absolute atomic E-state index is 12.5. The van der Waals surface area contributed by atoms with Gasteiger partial charge in [-0.05, 0) is 31.4 Å². The first-order chi connectivity index (χ1) is 11.3. The summed E-state index contributed by atoms with van der Waals surface area (Å²) in [5.74, 6) is -0.650. The van der Waals surface area contributed by atoms with Crippen LogP contribution in [0.4, 0.5) is 5.69 Å². The largest absolute Gasteiger partial charge is 0.502 e. The van der Waals surface area contributed by atoms with Crippen LogP contribution in [0.3, 0.4) is 0 Å². The molecule has 1 aromatic rings. The highest BCUT2D eigenvalue weighted by Gasteiger charge is 2.47. The minimum Gasteiger partial charge on any atom is -0.502 e. The Morgan fingerprint density at radius 3 is 2.38 bits per heavy atom. The molecular formula is C16H19N3O5. The Labute approximate surface area is 138 Å². The predicted octanol–water partition coefficient (Wildman–Crippen LogP) is 1.38. The fourth-order valence-electron chi connectivity index (χ4n) is 3.59. The molecule has 2 saturated heterocycles. The first-order valence-corrected chi connectivity index (χ1v) is 7.86. The fourth-order valence-corrected chi connectivity index (χ4v) is 3.59. The van der Waals surface area contributed by atoms with Crippen LogP contribution in [-0.2, 0) is 4.79 Å². The smallest absolute Gasteiger partial charge is 0.310 e. The van der Waals surface area contributed by atoms with E-state index in [1.54, 1.807) is 16.8 Å². The van der Waals surface area contributed by atoms with E-state index in [1.807, 2.05) is 0 Å². The number of piperidine rings is 1. The third-order valence-corrected chi connectivity index (χ3v) is 5.15. The zero-order valence-electron chi connectivity index (χ0n) is 13.4. The number of hydrogen-bond donors (Lipinski definition) is 1. The molecule has 8 nitrogen and oxygen atoms in total. The Morgan fingerprint density at radius 1 is 1.25 bits per heavy atom. The second kappa shape index (κ2) is 5.77. The van der Waals surface area contributed by atoms with Crippen molar-refractivity contribution in [3.63, 3.8) is 0 Å². The van der Waals surface area contributed by atoms with E-state index in [2.05, 4.69) is 0 Å². The van der Waals surface area contributed by atoms with Gasteiger partial charge in [-0.2, -0.15) is 0 Å². The van der Waals surface area contributed by atoms with E-state index in [9.17, 15) is 24.8 Å². The Balaban J connectivity index is 1.71. The fraction of sp³-hybridized carbons (Fsp3) is 0.500. The topological polar surface area (TPSA) is 104 Å². The lowest BCUT2D eigenvalue weighted by Crippen LogP contribution is -2.46. The van der Waals surface area contributed by atoms with E-state index in [1.165, 1.54) is 6.07 Å². The van der Waals surface area contributed by atoms with E-state index in [-0.39, 0.29) is 22.8 Å². The van der Waals surface area contributed by atoms with Gasteiger partial charge in [0.1, 0.15) is 0 Å². The summed E-state index contributed by atoms with van der Waals surface area (Å²) in [4.78, 5) is 38.2. The standard InChI is InChI=1S/C16H19N3O5/c1-17-7-4-16(15(17)22)5-8-18(9-6-16)14(21)11-2-3-12(19(23)24)13(20)10-11/h2-3,10,20H,4-9H2,1H3. The highest BCUT2D eigenvalue weighted by Crippen LogP contribution is 2.41. The van der Waals surface area contributed by atoms with Gasteiger partial charge in [0, 0.05) is 38.3 Å². The monoisotopic (exact) mass is 333 g/mol. The predicted molar refractivity (Wildman–Crippen MR) is 84.6 cm³/mol. The number of carbonyl (C=O) groups excluding carboxylic acids is 2. The first-order valence-electron chi connectivity index (χ1n) is 7.86. The van der Waals surface area contributed by atoms with Gasteiger partial charge in [-0.1, -0.05) is 0 Å². The second-order valence-electron chi connectivity index (χ2n) is 6.51. The van der Waals surface area contributed by atoms with Crippen LogP contribution in [0.15, 0.2) is 18.2 Å². The number of nitro groups is 1. The molecule has 1 spiro atoms. The lowest BCUT2D eigenvalue weighted by Gasteiger charge is -2.37. The molecule has 24 heavy (non-hydrogen) atoms. The van der Waals surface area contributed by atoms with Gasteiger partial charge in [-0.3, -0.25) is 19.7 Å². The molecule has 0 saturated carbocycles. The number of hydrogen-bond acceptors (Lipinski definition) is 5. The van der Waals surface area contributed by atoms with Gasteiger partial charge in [0.15, 0.2) is 5.75 Å². The van der Waals surface area contributed by atoms with Crippen molar-refractivity contribution in [2.24, 2.45) is 5.41 Å². The van der Waals surface area contributed by atoms with Gasteiger partial charge in [0.2, 0.25) is 5.91 Å². The molecule has 8 heteroatoms. The molecule has 2 fully saturated rings. The van der Waals surface area contributed by atoms with Crippen LogP contribution in [-0.4, -0.2) is 58.3 Å². The van der Waals surface area contributed by atoms with Crippen LogP contribution in [0.5, 0.6) is 5.75 Å². The zero-order chi connectivity index (χ0) is 17.5.